The van der Waals surface area contributed by atoms with Gasteiger partial charge >= 0.3 is 0 Å². The predicted molar refractivity (Wildman–Crippen MR) is 45.7 cm³/mol. The summed E-state index contributed by atoms with van der Waals surface area (Å²) in [6.45, 7) is 4.16. The third-order valence-electron chi connectivity index (χ3n) is 2.03. The van der Waals surface area contributed by atoms with Crippen LogP contribution in [0.15, 0.2) is 28.9 Å². The molecule has 11 heavy (non-hydrogen) atoms. The lowest BCUT2D eigenvalue weighted by atomic mass is 10.1. The van der Waals surface area contributed by atoms with Gasteiger partial charge in [0.2, 0.25) is 0 Å². The van der Waals surface area contributed by atoms with Gasteiger partial charge in [0.25, 0.3) is 0 Å². The molecular weight excluding hydrogens is 136 g/mol. The molecule has 2 rings (SSSR count). The van der Waals surface area contributed by atoms with Crippen LogP contribution in [0.1, 0.15) is 11.1 Å². The van der Waals surface area contributed by atoms with Crippen molar-refractivity contribution < 1.29 is 4.42 Å². The van der Waals surface area contributed by atoms with E-state index >= 15 is 0 Å². The zero-order chi connectivity index (χ0) is 7.84. The minimum absolute atomic E-state index is 1.02. The molecule has 0 fully saturated rings. The Labute approximate surface area is 65.6 Å². The Bertz CT molecular complexity index is 349. The van der Waals surface area contributed by atoms with Crippen molar-refractivity contribution in [1.29, 1.82) is 0 Å². The average molecular weight is 146 g/mol. The molecular formula is C10H10O. The molecule has 0 atom stereocenters. The van der Waals surface area contributed by atoms with Crippen LogP contribution < -0.4 is 0 Å². The summed E-state index contributed by atoms with van der Waals surface area (Å²) < 4.78 is 5.33. The first-order chi connectivity index (χ1) is 5.29. The Hall–Kier alpha value is -1.24. The minimum atomic E-state index is 1.02. The van der Waals surface area contributed by atoms with Gasteiger partial charge in [0.1, 0.15) is 5.58 Å². The smallest absolute Gasteiger partial charge is 0.137 e. The Morgan fingerprint density at radius 1 is 1.00 bits per heavy atom. The third kappa shape index (κ3) is 0.845. The summed E-state index contributed by atoms with van der Waals surface area (Å²) in [5, 5.41) is 1.23. The molecule has 0 amide bonds. The van der Waals surface area contributed by atoms with Crippen molar-refractivity contribution in [3.05, 3.63) is 35.6 Å². The largest absolute Gasteiger partial charge is 0.464 e. The lowest BCUT2D eigenvalue weighted by molar-refractivity contribution is 0.613. The van der Waals surface area contributed by atoms with E-state index in [2.05, 4.69) is 26.0 Å². The second kappa shape index (κ2) is 2.12. The van der Waals surface area contributed by atoms with Crippen LogP contribution in [-0.4, -0.2) is 0 Å². The highest BCUT2D eigenvalue weighted by Crippen LogP contribution is 2.22. The summed E-state index contributed by atoms with van der Waals surface area (Å²) in [7, 11) is 0. The van der Waals surface area contributed by atoms with Crippen molar-refractivity contribution in [2.45, 2.75) is 13.8 Å². The van der Waals surface area contributed by atoms with Gasteiger partial charge in [0.05, 0.1) is 6.26 Å². The molecule has 1 nitrogen and oxygen atoms in total. The summed E-state index contributed by atoms with van der Waals surface area (Å²) >= 11 is 0. The van der Waals surface area contributed by atoms with E-state index in [-0.39, 0.29) is 0 Å². The second-order valence-electron chi connectivity index (χ2n) is 2.86. The molecule has 0 radical (unpaired) electrons. The molecule has 0 bridgehead atoms. The van der Waals surface area contributed by atoms with Crippen molar-refractivity contribution in [3.8, 4) is 0 Å². The van der Waals surface area contributed by atoms with Crippen molar-refractivity contribution in [3.63, 3.8) is 0 Å². The van der Waals surface area contributed by atoms with Crippen molar-refractivity contribution in [2.24, 2.45) is 0 Å². The van der Waals surface area contributed by atoms with Gasteiger partial charge in [-0.05, 0) is 31.0 Å². The first-order valence-corrected chi connectivity index (χ1v) is 3.72. The number of benzene rings is 1. The number of hydrogen-bond donors (Lipinski definition) is 0. The number of hydrogen-bond acceptors (Lipinski definition) is 1. The van der Waals surface area contributed by atoms with Crippen LogP contribution in [0.25, 0.3) is 11.0 Å². The summed E-state index contributed by atoms with van der Waals surface area (Å²) in [4.78, 5) is 0. The molecule has 56 valence electrons. The van der Waals surface area contributed by atoms with Crippen LogP contribution in [-0.2, 0) is 0 Å². The van der Waals surface area contributed by atoms with Crippen LogP contribution in [0.3, 0.4) is 0 Å². The molecule has 1 heterocycles. The third-order valence-corrected chi connectivity index (χ3v) is 2.03. The maximum atomic E-state index is 5.33. The van der Waals surface area contributed by atoms with E-state index in [0.29, 0.717) is 0 Å². The SMILES string of the molecule is Cc1ccc(C)c2occc12. The van der Waals surface area contributed by atoms with Crippen LogP contribution in [0, 0.1) is 13.8 Å². The first-order valence-electron chi connectivity index (χ1n) is 3.72. The molecule has 0 spiro atoms. The average Bonchev–Trinajstić information content (AvgIpc) is 2.45. The number of rotatable bonds is 0. The van der Waals surface area contributed by atoms with E-state index in [9.17, 15) is 0 Å². The molecule has 0 unspecified atom stereocenters. The fourth-order valence-corrected chi connectivity index (χ4v) is 1.34. The van der Waals surface area contributed by atoms with Crippen molar-refractivity contribution in [1.82, 2.24) is 0 Å². The van der Waals surface area contributed by atoms with Gasteiger partial charge in [0, 0.05) is 5.39 Å². The fourth-order valence-electron chi connectivity index (χ4n) is 1.34. The monoisotopic (exact) mass is 146 g/mol. The Morgan fingerprint density at radius 2 is 1.73 bits per heavy atom. The van der Waals surface area contributed by atoms with E-state index in [0.717, 1.165) is 5.58 Å². The quantitative estimate of drug-likeness (QED) is 0.556. The molecule has 1 heteroatoms. The van der Waals surface area contributed by atoms with Crippen LogP contribution in [0.2, 0.25) is 0 Å². The van der Waals surface area contributed by atoms with Gasteiger partial charge in [0.15, 0.2) is 0 Å². The van der Waals surface area contributed by atoms with Crippen molar-refractivity contribution in [2.75, 3.05) is 0 Å². The van der Waals surface area contributed by atoms with Crippen LogP contribution in [0.4, 0.5) is 0 Å². The number of fused-ring (bicyclic) bond motifs is 1. The van der Waals surface area contributed by atoms with Gasteiger partial charge in [-0.25, -0.2) is 0 Å². The highest BCUT2D eigenvalue weighted by molar-refractivity contribution is 5.83. The Balaban J connectivity index is 2.96. The standard InChI is InChI=1S/C10H10O/c1-7-3-4-8(2)10-9(7)5-6-11-10/h3-6H,1-2H3. The molecule has 0 N–H and O–H groups in total. The Morgan fingerprint density at radius 3 is 2.45 bits per heavy atom. The maximum absolute atomic E-state index is 5.33. The van der Waals surface area contributed by atoms with E-state index in [4.69, 9.17) is 4.42 Å². The van der Waals surface area contributed by atoms with Crippen LogP contribution >= 0.6 is 0 Å². The zero-order valence-corrected chi connectivity index (χ0v) is 6.72. The van der Waals surface area contributed by atoms with E-state index in [1.165, 1.54) is 16.5 Å². The summed E-state index contributed by atoms with van der Waals surface area (Å²) in [6, 6.07) is 6.21. The summed E-state index contributed by atoms with van der Waals surface area (Å²) in [6.07, 6.45) is 1.74. The van der Waals surface area contributed by atoms with E-state index < -0.39 is 0 Å². The molecule has 0 aliphatic carbocycles. The lowest BCUT2D eigenvalue weighted by Gasteiger charge is -1.96. The highest BCUT2D eigenvalue weighted by Gasteiger charge is 2.01. The molecule has 1 aromatic heterocycles. The van der Waals surface area contributed by atoms with Crippen LogP contribution in [0.5, 0.6) is 0 Å². The fraction of sp³-hybridized carbons (Fsp3) is 0.200. The summed E-state index contributed by atoms with van der Waals surface area (Å²) in [5.41, 5.74) is 3.50. The number of aryl methyl sites for hydroxylation is 2. The van der Waals surface area contributed by atoms with E-state index in [1.807, 2.05) is 6.07 Å². The molecule has 0 saturated heterocycles. The van der Waals surface area contributed by atoms with Gasteiger partial charge in [-0.2, -0.15) is 0 Å². The van der Waals surface area contributed by atoms with Gasteiger partial charge in [-0.3, -0.25) is 0 Å². The highest BCUT2D eigenvalue weighted by atomic mass is 16.3. The predicted octanol–water partition coefficient (Wildman–Crippen LogP) is 3.05. The zero-order valence-electron chi connectivity index (χ0n) is 6.72. The minimum Gasteiger partial charge on any atom is -0.464 e. The van der Waals surface area contributed by atoms with Gasteiger partial charge < -0.3 is 4.42 Å². The molecule has 0 saturated carbocycles. The molecule has 0 aliphatic rings. The van der Waals surface area contributed by atoms with Crippen molar-refractivity contribution >= 4 is 11.0 Å². The normalized spacial score (nSPS) is 10.7. The molecule has 2 aromatic rings. The summed E-state index contributed by atoms with van der Waals surface area (Å²) in [5.74, 6) is 0. The van der Waals surface area contributed by atoms with Gasteiger partial charge in [-0.15, -0.1) is 0 Å². The second-order valence-corrected chi connectivity index (χ2v) is 2.86. The number of furan rings is 1. The van der Waals surface area contributed by atoms with Gasteiger partial charge in [-0.1, -0.05) is 12.1 Å². The maximum Gasteiger partial charge on any atom is 0.137 e. The molecule has 1 aromatic carbocycles. The first kappa shape index (κ1) is 6.47. The lowest BCUT2D eigenvalue weighted by Crippen LogP contribution is -1.76. The molecule has 0 aliphatic heterocycles. The Kier molecular flexibility index (Phi) is 1.25. The van der Waals surface area contributed by atoms with E-state index in [1.54, 1.807) is 6.26 Å². The topological polar surface area (TPSA) is 13.1 Å².